The van der Waals surface area contributed by atoms with Crippen molar-refractivity contribution in [3.8, 4) is 5.75 Å². The van der Waals surface area contributed by atoms with Crippen molar-refractivity contribution in [2.75, 3.05) is 19.0 Å². The molecule has 0 bridgehead atoms. The van der Waals surface area contributed by atoms with Crippen LogP contribution in [0.4, 0.5) is 10.1 Å². The van der Waals surface area contributed by atoms with Crippen LogP contribution in [0.1, 0.15) is 39.9 Å². The van der Waals surface area contributed by atoms with Gasteiger partial charge in [0.15, 0.2) is 34.7 Å². The number of phenols is 1. The predicted octanol–water partition coefficient (Wildman–Crippen LogP) is 0.822. The zero-order chi connectivity index (χ0) is 29.1. The lowest BCUT2D eigenvalue weighted by atomic mass is 9.53. The number of Topliss-reactive ketones (excluding diaryl/α,β-unsaturated/α-hetero) is 4. The van der Waals surface area contributed by atoms with Crippen molar-refractivity contribution in [3.05, 3.63) is 58.4 Å². The Hall–Kier alpha value is -3.96. The molecule has 2 aromatic carbocycles. The number of nitrogens with zero attached hydrogens (tertiary/aromatic N) is 1. The third-order valence-corrected chi connectivity index (χ3v) is 8.53. The summed E-state index contributed by atoms with van der Waals surface area (Å²) in [6.07, 6.45) is -0.166. The molecule has 5 N–H and O–H groups in total. The Morgan fingerprint density at radius 3 is 2.42 bits per heavy atom. The van der Waals surface area contributed by atoms with Gasteiger partial charge in [-0.1, -0.05) is 18.2 Å². The Kier molecular flexibility index (Phi) is 6.83. The van der Waals surface area contributed by atoms with Gasteiger partial charge in [-0.2, -0.15) is 0 Å². The molecule has 2 aromatic rings. The van der Waals surface area contributed by atoms with Gasteiger partial charge < -0.3 is 26.2 Å². The Morgan fingerprint density at radius 1 is 1.10 bits per heavy atom. The fraction of sp³-hybridized carbons (Fsp3) is 0.414. The minimum atomic E-state index is -2.69. The smallest absolute Gasteiger partial charge is 0.235 e. The number of aromatic hydroxyl groups is 1. The van der Waals surface area contributed by atoms with Crippen LogP contribution in [-0.2, 0) is 38.7 Å². The highest BCUT2D eigenvalue weighted by molar-refractivity contribution is 6.31. The number of amides is 1. The van der Waals surface area contributed by atoms with E-state index in [1.54, 1.807) is 43.3 Å². The summed E-state index contributed by atoms with van der Waals surface area (Å²) in [5.74, 6) is -10.9. The number of primary amides is 1. The fourth-order valence-electron chi connectivity index (χ4n) is 6.58. The van der Waals surface area contributed by atoms with Crippen LogP contribution >= 0.6 is 0 Å². The molecule has 0 aromatic heterocycles. The lowest BCUT2D eigenvalue weighted by Crippen LogP contribution is -2.68. The van der Waals surface area contributed by atoms with E-state index in [1.165, 1.54) is 6.07 Å². The topological polar surface area (TPSA) is 167 Å². The zero-order valence-electron chi connectivity index (χ0n) is 22.1. The van der Waals surface area contributed by atoms with Crippen LogP contribution in [0.15, 0.2) is 30.3 Å². The average molecular weight is 552 g/mol. The lowest BCUT2D eigenvalue weighted by molar-refractivity contribution is -0.175. The number of anilines is 1. The van der Waals surface area contributed by atoms with Crippen LogP contribution in [-0.4, -0.2) is 58.9 Å². The first-order valence-electron chi connectivity index (χ1n) is 13.0. The molecule has 0 saturated heterocycles. The Bertz CT molecular complexity index is 1470. The van der Waals surface area contributed by atoms with Crippen molar-refractivity contribution >= 4 is 34.7 Å². The number of aliphatic hydroxyl groups is 1. The number of nitrogens with one attached hydrogen (secondary N) is 1. The Labute approximate surface area is 229 Å². The van der Waals surface area contributed by atoms with Gasteiger partial charge in [-0.3, -0.25) is 24.0 Å². The first-order valence-corrected chi connectivity index (χ1v) is 13.0. The van der Waals surface area contributed by atoms with E-state index in [0.29, 0.717) is 22.4 Å². The summed E-state index contributed by atoms with van der Waals surface area (Å²) in [4.78, 5) is 66.8. The molecule has 0 radical (unpaired) electrons. The number of hydrogen-bond donors (Lipinski definition) is 4. The van der Waals surface area contributed by atoms with E-state index in [4.69, 9.17) is 5.73 Å². The molecule has 0 spiro atoms. The molecule has 1 amide bonds. The third kappa shape index (κ3) is 4.11. The summed E-state index contributed by atoms with van der Waals surface area (Å²) in [5.41, 5.74) is 4.39. The molecule has 0 aliphatic heterocycles. The summed E-state index contributed by atoms with van der Waals surface area (Å²) >= 11 is 0. The minimum absolute atomic E-state index is 0.0284. The van der Waals surface area contributed by atoms with E-state index >= 15 is 0 Å². The van der Waals surface area contributed by atoms with Crippen LogP contribution in [0.25, 0.3) is 0 Å². The summed E-state index contributed by atoms with van der Waals surface area (Å²) < 4.78 is 14.0. The highest BCUT2D eigenvalue weighted by atomic mass is 19.1. The van der Waals surface area contributed by atoms with Crippen molar-refractivity contribution in [2.24, 2.45) is 29.4 Å². The van der Waals surface area contributed by atoms with E-state index in [9.17, 15) is 38.6 Å². The number of benzene rings is 2. The summed E-state index contributed by atoms with van der Waals surface area (Å²) in [6.45, 7) is 0.240. The molecule has 3 aliphatic carbocycles. The van der Waals surface area contributed by atoms with Gasteiger partial charge in [0.25, 0.3) is 0 Å². The second-order valence-corrected chi connectivity index (χ2v) is 11.1. The quantitative estimate of drug-likeness (QED) is 0.380. The van der Waals surface area contributed by atoms with Gasteiger partial charge in [0.05, 0.1) is 11.5 Å². The molecule has 5 atom stereocenters. The fourth-order valence-corrected chi connectivity index (χ4v) is 6.58. The van der Waals surface area contributed by atoms with Crippen molar-refractivity contribution in [1.82, 2.24) is 5.32 Å². The SMILES string of the molecule is CN(C)c1cc(CNCc2ccccc2F)c(O)c2c1C[C@H]1C[C@H]3CC(=O)C(C(N)=O)C(=O)[C@@]3(O)C(=O)C1C2=O. The monoisotopic (exact) mass is 551 g/mol. The van der Waals surface area contributed by atoms with Gasteiger partial charge in [0.2, 0.25) is 5.91 Å². The van der Waals surface area contributed by atoms with Crippen molar-refractivity contribution < 1.29 is 38.6 Å². The Morgan fingerprint density at radius 2 is 1.77 bits per heavy atom. The third-order valence-electron chi connectivity index (χ3n) is 8.53. The van der Waals surface area contributed by atoms with Crippen molar-refractivity contribution in [3.63, 3.8) is 0 Å². The van der Waals surface area contributed by atoms with Crippen LogP contribution in [0, 0.1) is 29.5 Å². The number of phenolic OH excluding ortho intramolecular Hbond substituents is 1. The summed E-state index contributed by atoms with van der Waals surface area (Å²) in [6, 6.07) is 7.97. The first-order chi connectivity index (χ1) is 18.9. The number of ketones is 4. The van der Waals surface area contributed by atoms with E-state index in [0.717, 1.165) is 0 Å². The molecular formula is C29H30FN3O7. The number of halogens is 1. The number of carbonyl (C=O) groups excluding carboxylic acids is 5. The molecule has 210 valence electrons. The Balaban J connectivity index is 1.51. The van der Waals surface area contributed by atoms with Gasteiger partial charge in [-0.05, 0) is 36.5 Å². The maximum atomic E-state index is 14.0. The number of nitrogens with two attached hydrogens (primary N) is 1. The van der Waals surface area contributed by atoms with Gasteiger partial charge in [0, 0.05) is 56.3 Å². The van der Waals surface area contributed by atoms with Crippen LogP contribution < -0.4 is 16.0 Å². The number of carbonyl (C=O) groups is 5. The highest BCUT2D eigenvalue weighted by Gasteiger charge is 2.66. The molecule has 11 heteroatoms. The molecule has 10 nitrogen and oxygen atoms in total. The minimum Gasteiger partial charge on any atom is -0.507 e. The molecule has 40 heavy (non-hydrogen) atoms. The van der Waals surface area contributed by atoms with Crippen molar-refractivity contribution in [1.29, 1.82) is 0 Å². The first kappa shape index (κ1) is 27.6. The van der Waals surface area contributed by atoms with E-state index < -0.39 is 58.3 Å². The van der Waals surface area contributed by atoms with Gasteiger partial charge in [0.1, 0.15) is 11.6 Å². The van der Waals surface area contributed by atoms with Crippen LogP contribution in [0.2, 0.25) is 0 Å². The highest BCUT2D eigenvalue weighted by Crippen LogP contribution is 2.51. The van der Waals surface area contributed by atoms with Crippen molar-refractivity contribution in [2.45, 2.75) is 38.0 Å². The van der Waals surface area contributed by atoms with Gasteiger partial charge in [-0.15, -0.1) is 0 Å². The molecule has 2 fully saturated rings. The number of fused-ring (bicyclic) bond motifs is 3. The van der Waals surface area contributed by atoms with Crippen LogP contribution in [0.5, 0.6) is 5.75 Å². The molecule has 0 heterocycles. The normalized spacial score (nSPS) is 27.6. The largest absolute Gasteiger partial charge is 0.507 e. The van der Waals surface area contributed by atoms with E-state index in [2.05, 4.69) is 5.32 Å². The van der Waals surface area contributed by atoms with Crippen LogP contribution in [0.3, 0.4) is 0 Å². The second-order valence-electron chi connectivity index (χ2n) is 11.1. The maximum absolute atomic E-state index is 14.0. The van der Waals surface area contributed by atoms with E-state index in [1.807, 2.05) is 0 Å². The second kappa shape index (κ2) is 9.90. The van der Waals surface area contributed by atoms with E-state index in [-0.39, 0.29) is 49.5 Å². The molecule has 3 aliphatic rings. The zero-order valence-corrected chi connectivity index (χ0v) is 22.1. The molecule has 5 rings (SSSR count). The summed E-state index contributed by atoms with van der Waals surface area (Å²) in [7, 11) is 3.54. The van der Waals surface area contributed by atoms with Gasteiger partial charge in [-0.25, -0.2) is 4.39 Å². The average Bonchev–Trinajstić information content (AvgIpc) is 2.88. The lowest BCUT2D eigenvalue weighted by Gasteiger charge is -2.48. The molecule has 2 unspecified atom stereocenters. The maximum Gasteiger partial charge on any atom is 0.235 e. The standard InChI is InChI=1S/C29H30FN3O7/c1-33(2)19-9-15(12-32-11-13-5-3-4-6-18(13)30)24(35)22-17(19)8-14-7-16-10-20(34)23(28(31)39)27(38)29(16,40)26(37)21(14)25(22)36/h3-6,9,14,16,21,23,32,35,40H,7-8,10-12H2,1-2H3,(H2,31,39)/t14-,16+,21?,23?,29+/m1/s1. The summed E-state index contributed by atoms with van der Waals surface area (Å²) in [5, 5.41) is 25.7. The predicted molar refractivity (Wildman–Crippen MR) is 140 cm³/mol. The number of rotatable bonds is 6. The van der Waals surface area contributed by atoms with Gasteiger partial charge >= 0.3 is 0 Å². The molecule has 2 saturated carbocycles. The molecular weight excluding hydrogens is 521 g/mol. The number of hydrogen-bond acceptors (Lipinski definition) is 9.